The molecule has 0 aromatic heterocycles. The molecule has 0 spiro atoms. The highest BCUT2D eigenvalue weighted by atomic mass is 19.3. The van der Waals surface area contributed by atoms with Crippen LogP contribution in [0, 0.1) is 6.92 Å². The van der Waals surface area contributed by atoms with E-state index in [9.17, 15) is 8.78 Å². The highest BCUT2D eigenvalue weighted by Crippen LogP contribution is 2.27. The first-order valence-corrected chi connectivity index (χ1v) is 9.79. The van der Waals surface area contributed by atoms with Crippen LogP contribution in [0.1, 0.15) is 116 Å². The van der Waals surface area contributed by atoms with Crippen molar-refractivity contribution in [1.82, 2.24) is 6.15 Å². The molecule has 0 aliphatic carbocycles. The van der Waals surface area contributed by atoms with Gasteiger partial charge in [-0.05, 0) is 12.8 Å². The third-order valence-electron chi connectivity index (χ3n) is 4.44. The molecule has 141 valence electrons. The molecule has 0 aromatic rings. The molecule has 0 aliphatic heterocycles. The summed E-state index contributed by atoms with van der Waals surface area (Å²) in [5, 5.41) is 0. The second kappa shape index (κ2) is 18.2. The minimum Gasteiger partial charge on any atom is -0.344 e. The number of unbranched alkanes of at least 4 members (excludes halogenated alkanes) is 13. The average Bonchev–Trinajstić information content (AvgIpc) is 2.47. The van der Waals surface area contributed by atoms with Crippen LogP contribution < -0.4 is 6.15 Å². The molecule has 0 heterocycles. The zero-order chi connectivity index (χ0) is 16.5. The predicted molar refractivity (Wildman–Crippen MR) is 99.5 cm³/mol. The quantitative estimate of drug-likeness (QED) is 0.267. The molecule has 0 atom stereocenters. The lowest BCUT2D eigenvalue weighted by Gasteiger charge is -2.14. The predicted octanol–water partition coefficient (Wildman–Crippen LogP) is 8.27. The van der Waals surface area contributed by atoms with Crippen LogP contribution in [0.3, 0.4) is 0 Å². The van der Waals surface area contributed by atoms with Gasteiger partial charge in [-0.25, -0.2) is 8.78 Å². The average molecular weight is 335 g/mol. The Labute approximate surface area is 144 Å². The van der Waals surface area contributed by atoms with Crippen LogP contribution in [-0.4, -0.2) is 5.92 Å². The standard InChI is InChI=1S/C20H39F2.H3N/c1-3-5-6-7-8-9-10-11-12-13-14-15-16-17-19-20(21,22)18-4-2;/h2-19H2,1H3;1H3. The van der Waals surface area contributed by atoms with Gasteiger partial charge in [0.05, 0.1) is 0 Å². The summed E-state index contributed by atoms with van der Waals surface area (Å²) < 4.78 is 26.5. The number of rotatable bonds is 17. The fourth-order valence-electron chi connectivity index (χ4n) is 2.96. The van der Waals surface area contributed by atoms with E-state index >= 15 is 0 Å². The molecule has 0 saturated heterocycles. The largest absolute Gasteiger partial charge is 0.344 e. The second-order valence-electron chi connectivity index (χ2n) is 6.81. The summed E-state index contributed by atoms with van der Waals surface area (Å²) >= 11 is 0. The van der Waals surface area contributed by atoms with E-state index in [-0.39, 0.29) is 19.0 Å². The van der Waals surface area contributed by atoms with Gasteiger partial charge < -0.3 is 6.15 Å². The van der Waals surface area contributed by atoms with Crippen LogP contribution in [0.25, 0.3) is 0 Å². The molecule has 3 heteroatoms. The van der Waals surface area contributed by atoms with Crippen molar-refractivity contribution in [3.05, 3.63) is 6.92 Å². The van der Waals surface area contributed by atoms with Crippen molar-refractivity contribution in [2.75, 3.05) is 0 Å². The SMILES string of the molecule is N.[CH2]CCC(F)(F)CCCCCCCCCCCCCCCC. The number of hydrogen-bond acceptors (Lipinski definition) is 1. The molecular formula is C20H42F2N. The van der Waals surface area contributed by atoms with Crippen molar-refractivity contribution in [3.8, 4) is 0 Å². The fraction of sp³-hybridized carbons (Fsp3) is 0.950. The van der Waals surface area contributed by atoms with Crippen molar-refractivity contribution < 1.29 is 8.78 Å². The smallest absolute Gasteiger partial charge is 0.248 e. The Bertz CT molecular complexity index is 220. The summed E-state index contributed by atoms with van der Waals surface area (Å²) in [6.07, 6.45) is 18.0. The van der Waals surface area contributed by atoms with Crippen LogP contribution in [0.2, 0.25) is 0 Å². The summed E-state index contributed by atoms with van der Waals surface area (Å²) in [6, 6.07) is 0. The van der Waals surface area contributed by atoms with Gasteiger partial charge in [-0.2, -0.15) is 0 Å². The molecule has 1 nitrogen and oxygen atoms in total. The minimum absolute atomic E-state index is 0. The highest BCUT2D eigenvalue weighted by molar-refractivity contribution is 4.66. The molecule has 0 aliphatic rings. The van der Waals surface area contributed by atoms with E-state index in [0.29, 0.717) is 12.8 Å². The molecule has 0 fully saturated rings. The Balaban J connectivity index is 0. The Morgan fingerprint density at radius 1 is 0.609 bits per heavy atom. The molecule has 23 heavy (non-hydrogen) atoms. The summed E-state index contributed by atoms with van der Waals surface area (Å²) in [4.78, 5) is 0. The molecule has 0 unspecified atom stereocenters. The van der Waals surface area contributed by atoms with Gasteiger partial charge in [0.1, 0.15) is 0 Å². The zero-order valence-electron chi connectivity index (χ0n) is 15.7. The van der Waals surface area contributed by atoms with Crippen LogP contribution in [0.4, 0.5) is 8.78 Å². The third kappa shape index (κ3) is 19.8. The highest BCUT2D eigenvalue weighted by Gasteiger charge is 2.26. The number of alkyl halides is 2. The molecule has 1 radical (unpaired) electrons. The molecule has 0 aromatic carbocycles. The maximum atomic E-state index is 13.2. The van der Waals surface area contributed by atoms with E-state index in [2.05, 4.69) is 13.8 Å². The Hall–Kier alpha value is -0.180. The zero-order valence-corrected chi connectivity index (χ0v) is 15.7. The summed E-state index contributed by atoms with van der Waals surface area (Å²) in [7, 11) is 0. The summed E-state index contributed by atoms with van der Waals surface area (Å²) in [5.41, 5.74) is 0. The van der Waals surface area contributed by atoms with Crippen LogP contribution in [0.15, 0.2) is 0 Å². The lowest BCUT2D eigenvalue weighted by molar-refractivity contribution is -0.0176. The maximum absolute atomic E-state index is 13.2. The minimum atomic E-state index is -2.47. The van der Waals surface area contributed by atoms with Crippen LogP contribution >= 0.6 is 0 Å². The van der Waals surface area contributed by atoms with Crippen molar-refractivity contribution >= 4 is 0 Å². The first-order chi connectivity index (χ1) is 10.6. The monoisotopic (exact) mass is 334 g/mol. The Morgan fingerprint density at radius 3 is 1.30 bits per heavy atom. The van der Waals surface area contributed by atoms with E-state index in [1.165, 1.54) is 70.6 Å². The molecule has 3 N–H and O–H groups in total. The molecule has 0 amide bonds. The molecule has 0 saturated carbocycles. The molecule has 0 bridgehead atoms. The van der Waals surface area contributed by atoms with Gasteiger partial charge in [0, 0.05) is 12.8 Å². The van der Waals surface area contributed by atoms with Gasteiger partial charge in [-0.15, -0.1) is 0 Å². The summed E-state index contributed by atoms with van der Waals surface area (Å²) in [5.74, 6) is -2.47. The van der Waals surface area contributed by atoms with Crippen molar-refractivity contribution in [2.45, 2.75) is 122 Å². The first kappa shape index (κ1) is 25.1. The van der Waals surface area contributed by atoms with Gasteiger partial charge in [-0.1, -0.05) is 97.3 Å². The van der Waals surface area contributed by atoms with E-state index in [1.807, 2.05) is 0 Å². The van der Waals surface area contributed by atoms with Gasteiger partial charge in [0.2, 0.25) is 5.92 Å². The number of hydrogen-bond donors (Lipinski definition) is 1. The lowest BCUT2D eigenvalue weighted by Crippen LogP contribution is -2.14. The topological polar surface area (TPSA) is 35.0 Å². The summed E-state index contributed by atoms with van der Waals surface area (Å²) in [6.45, 7) is 5.77. The van der Waals surface area contributed by atoms with Crippen molar-refractivity contribution in [1.29, 1.82) is 0 Å². The van der Waals surface area contributed by atoms with Crippen LogP contribution in [-0.2, 0) is 0 Å². The molecule has 0 rings (SSSR count). The Morgan fingerprint density at radius 2 is 0.957 bits per heavy atom. The normalized spacial score (nSPS) is 11.5. The van der Waals surface area contributed by atoms with Gasteiger partial charge >= 0.3 is 0 Å². The van der Waals surface area contributed by atoms with Gasteiger partial charge in [0.25, 0.3) is 0 Å². The van der Waals surface area contributed by atoms with E-state index < -0.39 is 5.92 Å². The second-order valence-corrected chi connectivity index (χ2v) is 6.81. The lowest BCUT2D eigenvalue weighted by atomic mass is 10.0. The maximum Gasteiger partial charge on any atom is 0.248 e. The van der Waals surface area contributed by atoms with Gasteiger partial charge in [-0.3, -0.25) is 0 Å². The van der Waals surface area contributed by atoms with E-state index in [0.717, 1.165) is 12.8 Å². The van der Waals surface area contributed by atoms with E-state index in [4.69, 9.17) is 0 Å². The fourth-order valence-corrected chi connectivity index (χ4v) is 2.96. The molecular weight excluding hydrogens is 292 g/mol. The first-order valence-electron chi connectivity index (χ1n) is 9.79. The third-order valence-corrected chi connectivity index (χ3v) is 4.44. The van der Waals surface area contributed by atoms with Crippen molar-refractivity contribution in [3.63, 3.8) is 0 Å². The van der Waals surface area contributed by atoms with Crippen molar-refractivity contribution in [2.24, 2.45) is 0 Å². The van der Waals surface area contributed by atoms with Gasteiger partial charge in [0.15, 0.2) is 0 Å². The van der Waals surface area contributed by atoms with E-state index in [1.54, 1.807) is 0 Å². The Kier molecular flexibility index (Phi) is 19.8. The number of halogens is 2. The van der Waals surface area contributed by atoms with Crippen LogP contribution in [0.5, 0.6) is 0 Å².